The third-order valence-corrected chi connectivity index (χ3v) is 6.02. The van der Waals surface area contributed by atoms with Crippen LogP contribution in [-0.2, 0) is 0 Å². The van der Waals surface area contributed by atoms with Crippen molar-refractivity contribution < 1.29 is 5.11 Å². The fraction of sp³-hybridized carbons (Fsp3) is 1.00. The van der Waals surface area contributed by atoms with Crippen LogP contribution in [0.25, 0.3) is 0 Å². The van der Waals surface area contributed by atoms with Crippen LogP contribution in [0.3, 0.4) is 0 Å². The number of aliphatic hydroxyl groups is 1. The van der Waals surface area contributed by atoms with Gasteiger partial charge in [-0.2, -0.15) is 0 Å². The molecule has 0 spiro atoms. The van der Waals surface area contributed by atoms with Crippen LogP contribution in [0, 0.1) is 23.2 Å². The fourth-order valence-corrected chi connectivity index (χ4v) is 4.41. The highest BCUT2D eigenvalue weighted by Gasteiger charge is 2.42. The summed E-state index contributed by atoms with van der Waals surface area (Å²) < 4.78 is 0. The molecular weight excluding hydrogens is 248 g/mol. The maximum absolute atomic E-state index is 9.75. The number of rotatable bonds is 3. The Hall–Kier alpha value is -0.120. The van der Waals surface area contributed by atoms with Crippen LogP contribution in [0.5, 0.6) is 0 Å². The van der Waals surface area contributed by atoms with Crippen LogP contribution < -0.4 is 5.73 Å². The molecule has 0 aromatic heterocycles. The van der Waals surface area contributed by atoms with E-state index in [4.69, 9.17) is 5.73 Å². The lowest BCUT2D eigenvalue weighted by atomic mass is 9.67. The van der Waals surface area contributed by atoms with Crippen molar-refractivity contribution in [2.24, 2.45) is 28.9 Å². The van der Waals surface area contributed by atoms with Crippen molar-refractivity contribution in [2.45, 2.75) is 65.5 Å². The van der Waals surface area contributed by atoms with E-state index < -0.39 is 0 Å². The first-order valence-electron chi connectivity index (χ1n) is 8.45. The second kappa shape index (κ2) is 6.33. The van der Waals surface area contributed by atoms with Crippen LogP contribution in [0.2, 0.25) is 0 Å². The van der Waals surface area contributed by atoms with E-state index in [1.807, 2.05) is 0 Å². The number of nitrogens with two attached hydrogens (primary N) is 1. The quantitative estimate of drug-likeness (QED) is 0.836. The first kappa shape index (κ1) is 16.3. The first-order valence-corrected chi connectivity index (χ1v) is 8.45. The molecule has 2 aliphatic rings. The summed E-state index contributed by atoms with van der Waals surface area (Å²) >= 11 is 0. The third kappa shape index (κ3) is 3.20. The summed E-state index contributed by atoms with van der Waals surface area (Å²) in [4.78, 5) is 2.60. The highest BCUT2D eigenvalue weighted by molar-refractivity contribution is 4.96. The summed E-state index contributed by atoms with van der Waals surface area (Å²) in [7, 11) is 0. The number of hydrogen-bond acceptors (Lipinski definition) is 3. The fourth-order valence-electron chi connectivity index (χ4n) is 4.41. The zero-order chi connectivity index (χ0) is 14.9. The summed E-state index contributed by atoms with van der Waals surface area (Å²) in [5, 5.41) is 9.75. The molecule has 5 unspecified atom stereocenters. The molecule has 1 aliphatic heterocycles. The summed E-state index contributed by atoms with van der Waals surface area (Å²) in [6, 6.07) is 0.938. The molecule has 2 fully saturated rings. The van der Waals surface area contributed by atoms with Crippen molar-refractivity contribution >= 4 is 0 Å². The van der Waals surface area contributed by atoms with Crippen molar-refractivity contribution in [3.8, 4) is 0 Å². The van der Waals surface area contributed by atoms with Gasteiger partial charge in [-0.25, -0.2) is 0 Å². The minimum Gasteiger partial charge on any atom is -0.395 e. The number of aliphatic hydroxyl groups excluding tert-OH is 1. The Kier molecular flexibility index (Phi) is 5.14. The summed E-state index contributed by atoms with van der Waals surface area (Å²) in [5.74, 6) is 2.02. The van der Waals surface area contributed by atoms with Crippen molar-refractivity contribution in [3.05, 3.63) is 0 Å². The molecule has 2 rings (SSSR count). The highest BCUT2D eigenvalue weighted by Crippen LogP contribution is 2.43. The van der Waals surface area contributed by atoms with Gasteiger partial charge in [0, 0.05) is 12.1 Å². The molecule has 5 atom stereocenters. The molecule has 1 heterocycles. The second-order valence-corrected chi connectivity index (χ2v) is 8.19. The molecule has 3 N–H and O–H groups in total. The Balaban J connectivity index is 2.13. The molecule has 1 saturated heterocycles. The van der Waals surface area contributed by atoms with E-state index in [1.165, 1.54) is 25.7 Å². The lowest BCUT2D eigenvalue weighted by Crippen LogP contribution is -2.51. The maximum atomic E-state index is 9.75. The van der Waals surface area contributed by atoms with Crippen molar-refractivity contribution in [1.82, 2.24) is 4.90 Å². The van der Waals surface area contributed by atoms with E-state index in [9.17, 15) is 5.11 Å². The molecule has 1 aliphatic carbocycles. The Morgan fingerprint density at radius 2 is 1.90 bits per heavy atom. The average Bonchev–Trinajstić information content (AvgIpc) is 2.77. The Labute approximate surface area is 124 Å². The third-order valence-electron chi connectivity index (χ3n) is 6.02. The van der Waals surface area contributed by atoms with Gasteiger partial charge in [0.1, 0.15) is 0 Å². The van der Waals surface area contributed by atoms with E-state index in [0.29, 0.717) is 35.9 Å². The van der Waals surface area contributed by atoms with Crippen LogP contribution in [0.15, 0.2) is 0 Å². The van der Waals surface area contributed by atoms with Gasteiger partial charge in [0.2, 0.25) is 0 Å². The number of likely N-dealkylation sites (tertiary alicyclic amines) is 1. The largest absolute Gasteiger partial charge is 0.395 e. The van der Waals surface area contributed by atoms with E-state index in [0.717, 1.165) is 19.0 Å². The van der Waals surface area contributed by atoms with Gasteiger partial charge in [0.05, 0.1) is 6.61 Å². The maximum Gasteiger partial charge on any atom is 0.0589 e. The first-order chi connectivity index (χ1) is 9.38. The molecule has 0 aromatic rings. The van der Waals surface area contributed by atoms with E-state index in [-0.39, 0.29) is 0 Å². The van der Waals surface area contributed by atoms with Gasteiger partial charge in [-0.05, 0) is 61.9 Å². The lowest BCUT2D eigenvalue weighted by Gasteiger charge is -2.46. The highest BCUT2D eigenvalue weighted by atomic mass is 16.3. The molecule has 0 radical (unpaired) electrons. The molecule has 0 amide bonds. The summed E-state index contributed by atoms with van der Waals surface area (Å²) in [6.07, 6.45) is 5.05. The van der Waals surface area contributed by atoms with Crippen LogP contribution in [-0.4, -0.2) is 41.8 Å². The smallest absolute Gasteiger partial charge is 0.0589 e. The Morgan fingerprint density at radius 3 is 2.45 bits per heavy atom. The molecule has 20 heavy (non-hydrogen) atoms. The van der Waals surface area contributed by atoms with Crippen LogP contribution in [0.1, 0.15) is 53.4 Å². The molecule has 0 bridgehead atoms. The molecule has 3 heteroatoms. The average molecular weight is 282 g/mol. The number of nitrogens with zero attached hydrogens (tertiary/aromatic N) is 1. The van der Waals surface area contributed by atoms with E-state index in [1.54, 1.807) is 0 Å². The summed E-state index contributed by atoms with van der Waals surface area (Å²) in [5.41, 5.74) is 6.43. The predicted molar refractivity (Wildman–Crippen MR) is 84.5 cm³/mol. The SMILES string of the molecule is CC1CCN(C2CC(C(C)(C)C)CCC2CN)C1CO. The lowest BCUT2D eigenvalue weighted by molar-refractivity contribution is 0.0178. The van der Waals surface area contributed by atoms with Gasteiger partial charge >= 0.3 is 0 Å². The van der Waals surface area contributed by atoms with Gasteiger partial charge in [0.25, 0.3) is 0 Å². The molecule has 118 valence electrons. The van der Waals surface area contributed by atoms with Crippen molar-refractivity contribution in [1.29, 1.82) is 0 Å². The molecule has 0 aromatic carbocycles. The van der Waals surface area contributed by atoms with Gasteiger partial charge in [-0.15, -0.1) is 0 Å². The topological polar surface area (TPSA) is 49.5 Å². The van der Waals surface area contributed by atoms with Crippen molar-refractivity contribution in [2.75, 3.05) is 19.7 Å². The Morgan fingerprint density at radius 1 is 1.20 bits per heavy atom. The normalized spacial score (nSPS) is 40.2. The predicted octanol–water partition coefficient (Wildman–Crippen LogP) is 2.48. The van der Waals surface area contributed by atoms with Crippen molar-refractivity contribution in [3.63, 3.8) is 0 Å². The minimum atomic E-state index is 0.301. The Bertz CT molecular complexity index is 313. The van der Waals surface area contributed by atoms with Crippen LogP contribution in [0.4, 0.5) is 0 Å². The standard InChI is InChI=1S/C17H34N2O/c1-12-7-8-19(16(12)11-20)15-9-14(17(2,3)4)6-5-13(15)10-18/h12-16,20H,5-11,18H2,1-4H3. The molecular formula is C17H34N2O. The van der Waals surface area contributed by atoms with Gasteiger partial charge in [0.15, 0.2) is 0 Å². The zero-order valence-corrected chi connectivity index (χ0v) is 13.8. The summed E-state index contributed by atoms with van der Waals surface area (Å²) in [6.45, 7) is 11.6. The second-order valence-electron chi connectivity index (χ2n) is 8.19. The van der Waals surface area contributed by atoms with Gasteiger partial charge < -0.3 is 10.8 Å². The van der Waals surface area contributed by atoms with Gasteiger partial charge in [-0.1, -0.05) is 27.7 Å². The number of hydrogen-bond donors (Lipinski definition) is 2. The van der Waals surface area contributed by atoms with Crippen LogP contribution >= 0.6 is 0 Å². The van der Waals surface area contributed by atoms with E-state index >= 15 is 0 Å². The monoisotopic (exact) mass is 282 g/mol. The van der Waals surface area contributed by atoms with Gasteiger partial charge in [-0.3, -0.25) is 4.90 Å². The van der Waals surface area contributed by atoms with E-state index in [2.05, 4.69) is 32.6 Å². The molecule has 1 saturated carbocycles. The minimum absolute atomic E-state index is 0.301. The zero-order valence-electron chi connectivity index (χ0n) is 13.8. The molecule has 3 nitrogen and oxygen atoms in total.